The number of methoxy groups -OCH3 is 1. The summed E-state index contributed by atoms with van der Waals surface area (Å²) in [5, 5.41) is 10.9. The third-order valence-corrected chi connectivity index (χ3v) is 4.77. The van der Waals surface area contributed by atoms with Gasteiger partial charge in [-0.05, 0) is 32.9 Å². The predicted molar refractivity (Wildman–Crippen MR) is 97.8 cm³/mol. The summed E-state index contributed by atoms with van der Waals surface area (Å²) in [5.74, 6) is -0.345. The van der Waals surface area contributed by atoms with Crippen LogP contribution in [0.25, 0.3) is 10.6 Å². The van der Waals surface area contributed by atoms with Crippen molar-refractivity contribution >= 4 is 28.9 Å². The average Bonchev–Trinajstić information content (AvgIpc) is 3.01. The monoisotopic (exact) mass is 376 g/mol. The van der Waals surface area contributed by atoms with E-state index in [4.69, 9.17) is 9.47 Å². The van der Waals surface area contributed by atoms with E-state index in [0.717, 1.165) is 4.88 Å². The molecule has 0 unspecified atom stereocenters. The Morgan fingerprint density at radius 1 is 1.46 bits per heavy atom. The van der Waals surface area contributed by atoms with Gasteiger partial charge in [0.1, 0.15) is 5.01 Å². The lowest BCUT2D eigenvalue weighted by Gasteiger charge is -2.34. The highest BCUT2D eigenvalue weighted by Crippen LogP contribution is 2.43. The van der Waals surface area contributed by atoms with Gasteiger partial charge in [0.05, 0.1) is 36.1 Å². The number of rotatable bonds is 4. The Labute approximate surface area is 155 Å². The molecule has 0 saturated carbocycles. The lowest BCUT2D eigenvalue weighted by atomic mass is 10.0. The maximum atomic E-state index is 12.4. The molecule has 138 valence electrons. The number of anilines is 1. The summed E-state index contributed by atoms with van der Waals surface area (Å²) in [7, 11) is 1.30. The SMILES string of the molecule is COC(=O)c1cc(-c2ncc(C)s2)c2c(c1)N(CC(C)(C)O)C(=O)CO2. The maximum Gasteiger partial charge on any atom is 0.337 e. The van der Waals surface area contributed by atoms with E-state index in [9.17, 15) is 14.7 Å². The number of aromatic nitrogens is 1. The minimum absolute atomic E-state index is 0.0726. The highest BCUT2D eigenvalue weighted by Gasteiger charge is 2.33. The number of ether oxygens (including phenoxy) is 2. The molecule has 0 fully saturated rings. The minimum atomic E-state index is -1.11. The number of nitrogens with zero attached hydrogens (tertiary/aromatic N) is 2. The van der Waals surface area contributed by atoms with Crippen LogP contribution in [-0.4, -0.2) is 47.8 Å². The molecule has 0 spiro atoms. The van der Waals surface area contributed by atoms with Crippen molar-refractivity contribution < 1.29 is 24.2 Å². The largest absolute Gasteiger partial charge is 0.481 e. The Morgan fingerprint density at radius 2 is 2.19 bits per heavy atom. The summed E-state index contributed by atoms with van der Waals surface area (Å²) in [4.78, 5) is 31.4. The summed E-state index contributed by atoms with van der Waals surface area (Å²) in [6, 6.07) is 3.20. The molecule has 1 aromatic heterocycles. The molecule has 1 aliphatic rings. The van der Waals surface area contributed by atoms with Crippen molar-refractivity contribution in [2.45, 2.75) is 26.4 Å². The minimum Gasteiger partial charge on any atom is -0.481 e. The van der Waals surface area contributed by atoms with Gasteiger partial charge in [-0.2, -0.15) is 0 Å². The molecule has 2 aromatic rings. The molecule has 0 atom stereocenters. The van der Waals surface area contributed by atoms with Crippen LogP contribution in [0.15, 0.2) is 18.3 Å². The number of carbonyl (C=O) groups is 2. The van der Waals surface area contributed by atoms with Gasteiger partial charge in [0.2, 0.25) is 0 Å². The second-order valence-electron chi connectivity index (χ2n) is 6.72. The van der Waals surface area contributed by atoms with E-state index in [2.05, 4.69) is 4.98 Å². The average molecular weight is 376 g/mol. The fraction of sp³-hybridized carbons (Fsp3) is 0.389. The fourth-order valence-electron chi connectivity index (χ4n) is 2.75. The van der Waals surface area contributed by atoms with Crippen molar-refractivity contribution in [2.75, 3.05) is 25.2 Å². The summed E-state index contributed by atoms with van der Waals surface area (Å²) in [6.45, 7) is 5.10. The highest BCUT2D eigenvalue weighted by molar-refractivity contribution is 7.15. The molecule has 7 nitrogen and oxygen atoms in total. The zero-order chi connectivity index (χ0) is 19.1. The van der Waals surface area contributed by atoms with Crippen molar-refractivity contribution in [3.8, 4) is 16.3 Å². The number of aryl methyl sites for hydroxylation is 1. The Hall–Kier alpha value is -2.45. The molecule has 0 bridgehead atoms. The van der Waals surface area contributed by atoms with Crippen LogP contribution in [0.1, 0.15) is 29.1 Å². The van der Waals surface area contributed by atoms with Crippen LogP contribution in [0.3, 0.4) is 0 Å². The second-order valence-corrected chi connectivity index (χ2v) is 7.96. The number of carbonyl (C=O) groups excluding carboxylic acids is 2. The zero-order valence-electron chi connectivity index (χ0n) is 15.0. The molecule has 3 rings (SSSR count). The summed E-state index contributed by atoms with van der Waals surface area (Å²) in [6.07, 6.45) is 1.74. The van der Waals surface area contributed by atoms with Gasteiger partial charge in [-0.3, -0.25) is 4.79 Å². The number of β-amino-alcohol motifs (C(OH)–C–C–N with tert-alkyl or cyclic N) is 1. The molecule has 8 heteroatoms. The van der Waals surface area contributed by atoms with Crippen molar-refractivity contribution in [1.82, 2.24) is 4.98 Å². The molecule has 0 saturated heterocycles. The van der Waals surface area contributed by atoms with Gasteiger partial charge in [0.15, 0.2) is 12.4 Å². The van der Waals surface area contributed by atoms with E-state index in [1.54, 1.807) is 32.2 Å². The Morgan fingerprint density at radius 3 is 2.77 bits per heavy atom. The number of aliphatic hydroxyl groups is 1. The van der Waals surface area contributed by atoms with E-state index in [1.165, 1.54) is 23.3 Å². The van der Waals surface area contributed by atoms with Crippen molar-refractivity contribution in [3.05, 3.63) is 28.8 Å². The third-order valence-electron chi connectivity index (χ3n) is 3.82. The van der Waals surface area contributed by atoms with Crippen LogP contribution >= 0.6 is 11.3 Å². The van der Waals surface area contributed by atoms with E-state index >= 15 is 0 Å². The first-order valence-electron chi connectivity index (χ1n) is 8.04. The molecular weight excluding hydrogens is 356 g/mol. The Bertz CT molecular complexity index is 869. The van der Waals surface area contributed by atoms with Crippen LogP contribution in [0.2, 0.25) is 0 Å². The summed E-state index contributed by atoms with van der Waals surface area (Å²) < 4.78 is 10.5. The van der Waals surface area contributed by atoms with Gasteiger partial charge in [0, 0.05) is 11.1 Å². The lowest BCUT2D eigenvalue weighted by Crippen LogP contribution is -2.46. The number of benzene rings is 1. The van der Waals surface area contributed by atoms with Crippen LogP contribution in [0.4, 0.5) is 5.69 Å². The van der Waals surface area contributed by atoms with Gasteiger partial charge in [-0.15, -0.1) is 11.3 Å². The van der Waals surface area contributed by atoms with E-state index in [-0.39, 0.29) is 24.6 Å². The predicted octanol–water partition coefficient (Wildman–Crippen LogP) is 2.40. The molecule has 26 heavy (non-hydrogen) atoms. The molecule has 1 amide bonds. The zero-order valence-corrected chi connectivity index (χ0v) is 15.8. The smallest absolute Gasteiger partial charge is 0.337 e. The van der Waals surface area contributed by atoms with Gasteiger partial charge in [0.25, 0.3) is 5.91 Å². The first kappa shape index (κ1) is 18.3. The van der Waals surface area contributed by atoms with Crippen LogP contribution < -0.4 is 9.64 Å². The molecule has 1 N–H and O–H groups in total. The number of hydrogen-bond donors (Lipinski definition) is 1. The molecule has 0 radical (unpaired) electrons. The highest BCUT2D eigenvalue weighted by atomic mass is 32.1. The Kier molecular flexibility index (Phi) is 4.72. The van der Waals surface area contributed by atoms with Crippen molar-refractivity contribution in [3.63, 3.8) is 0 Å². The molecular formula is C18H20N2O5S. The molecule has 2 heterocycles. The molecule has 0 aliphatic carbocycles. The van der Waals surface area contributed by atoms with Gasteiger partial charge >= 0.3 is 5.97 Å². The fourth-order valence-corrected chi connectivity index (χ4v) is 3.52. The lowest BCUT2D eigenvalue weighted by molar-refractivity contribution is -0.122. The second kappa shape index (κ2) is 6.69. The number of esters is 1. The molecule has 1 aromatic carbocycles. The summed E-state index contributed by atoms with van der Waals surface area (Å²) >= 11 is 1.46. The van der Waals surface area contributed by atoms with Gasteiger partial charge in [-0.25, -0.2) is 9.78 Å². The van der Waals surface area contributed by atoms with Crippen LogP contribution in [-0.2, 0) is 9.53 Å². The van der Waals surface area contributed by atoms with Crippen molar-refractivity contribution in [2.24, 2.45) is 0 Å². The topological polar surface area (TPSA) is 89.0 Å². The maximum absolute atomic E-state index is 12.4. The number of hydrogen-bond acceptors (Lipinski definition) is 7. The van der Waals surface area contributed by atoms with Gasteiger partial charge < -0.3 is 19.5 Å². The van der Waals surface area contributed by atoms with Crippen molar-refractivity contribution in [1.29, 1.82) is 0 Å². The number of amides is 1. The number of thiazole rings is 1. The van der Waals surface area contributed by atoms with E-state index < -0.39 is 11.6 Å². The first-order valence-corrected chi connectivity index (χ1v) is 8.86. The quantitative estimate of drug-likeness (QED) is 0.825. The third kappa shape index (κ3) is 3.56. The van der Waals surface area contributed by atoms with E-state index in [0.29, 0.717) is 22.0 Å². The van der Waals surface area contributed by atoms with Gasteiger partial charge in [-0.1, -0.05) is 0 Å². The summed E-state index contributed by atoms with van der Waals surface area (Å²) in [5.41, 5.74) is 0.222. The first-order chi connectivity index (χ1) is 12.2. The number of fused-ring (bicyclic) bond motifs is 1. The van der Waals surface area contributed by atoms with Crippen LogP contribution in [0, 0.1) is 6.92 Å². The molecule has 1 aliphatic heterocycles. The van der Waals surface area contributed by atoms with Crippen LogP contribution in [0.5, 0.6) is 5.75 Å². The van der Waals surface area contributed by atoms with E-state index in [1.807, 2.05) is 6.92 Å². The normalized spacial score (nSPS) is 14.0. The Balaban J connectivity index is 2.21. The standard InChI is InChI=1S/C18H20N2O5S/c1-10-7-19-16(26-10)12-5-11(17(22)24-4)6-13-15(12)25-8-14(21)20(13)9-18(2,3)23/h5-7,23H,8-9H2,1-4H3.